The molecule has 8 heteroatoms. The highest BCUT2D eigenvalue weighted by Crippen LogP contribution is 2.60. The molecule has 38 heavy (non-hydrogen) atoms. The smallest absolute Gasteiger partial charge is 0.319 e. The molecule has 2 aromatic carbocycles. The molecule has 0 aromatic heterocycles. The molecule has 0 spiro atoms. The molecule has 1 saturated carbocycles. The number of nitrogens with zero attached hydrogens (tertiary/aromatic N) is 2. The second kappa shape index (κ2) is 9.49. The summed E-state index contributed by atoms with van der Waals surface area (Å²) in [4.78, 5) is 21.8. The van der Waals surface area contributed by atoms with Gasteiger partial charge < -0.3 is 29.1 Å². The molecular formula is C30H36N2O6. The molecule has 0 radical (unpaired) electrons. The van der Waals surface area contributed by atoms with E-state index >= 15 is 0 Å². The van der Waals surface area contributed by atoms with Crippen LogP contribution in [0.2, 0.25) is 0 Å². The summed E-state index contributed by atoms with van der Waals surface area (Å²) < 4.78 is 16.3. The molecule has 2 fully saturated rings. The van der Waals surface area contributed by atoms with Crippen LogP contribution < -0.4 is 9.47 Å². The molecule has 2 heterocycles. The van der Waals surface area contributed by atoms with Gasteiger partial charge in [-0.2, -0.15) is 0 Å². The van der Waals surface area contributed by atoms with Gasteiger partial charge in [0.15, 0.2) is 17.6 Å². The number of carbonyl (C=O) groups is 1. The predicted octanol–water partition coefficient (Wildman–Crippen LogP) is 4.36. The van der Waals surface area contributed by atoms with Gasteiger partial charge in [0.25, 0.3) is 0 Å². The van der Waals surface area contributed by atoms with E-state index < -0.39 is 18.0 Å². The SMILES string of the molecule is COC(=O)[C@H]1C(c2ccc(OC)cc2)=NO[C@@H]1c1cc(OC)c(O)c2c1CC1C3CCCCC23CCN1C. The summed E-state index contributed by atoms with van der Waals surface area (Å²) in [5, 5.41) is 16.0. The monoisotopic (exact) mass is 520 g/mol. The van der Waals surface area contributed by atoms with Crippen LogP contribution >= 0.6 is 0 Å². The first-order valence-electron chi connectivity index (χ1n) is 13.5. The standard InChI is InChI=1S/C30H36N2O6/c1-32-14-13-30-12-6-5-7-21(30)22(32)15-19-20(16-23(36-3)27(33)25(19)30)28-24(29(34)37-4)26(31-38-28)17-8-10-18(35-2)11-9-17/h8-11,16,21-22,24,28,33H,5-7,12-15H2,1-4H3/t21?,22?,24-,28+,30?/m0/s1. The summed E-state index contributed by atoms with van der Waals surface area (Å²) in [6.07, 6.45) is 5.68. The Hall–Kier alpha value is -3.26. The minimum absolute atomic E-state index is 0.102. The number of fused-ring (bicyclic) bond motifs is 1. The zero-order chi connectivity index (χ0) is 26.6. The highest BCUT2D eigenvalue weighted by Gasteiger charge is 2.56. The molecule has 2 aliphatic carbocycles. The van der Waals surface area contributed by atoms with Crippen molar-refractivity contribution in [3.63, 3.8) is 0 Å². The Morgan fingerprint density at radius 2 is 1.92 bits per heavy atom. The van der Waals surface area contributed by atoms with Crippen molar-refractivity contribution in [2.75, 3.05) is 34.9 Å². The maximum atomic E-state index is 13.3. The highest BCUT2D eigenvalue weighted by molar-refractivity contribution is 6.13. The highest BCUT2D eigenvalue weighted by atomic mass is 16.6. The molecule has 2 aromatic rings. The zero-order valence-electron chi connectivity index (χ0n) is 22.5. The fraction of sp³-hybridized carbons (Fsp3) is 0.533. The van der Waals surface area contributed by atoms with Crippen molar-refractivity contribution in [1.82, 2.24) is 4.90 Å². The van der Waals surface area contributed by atoms with Gasteiger partial charge in [-0.25, -0.2) is 0 Å². The summed E-state index contributed by atoms with van der Waals surface area (Å²) in [5.41, 5.74) is 4.11. The fourth-order valence-corrected chi connectivity index (χ4v) is 7.77. The topological polar surface area (TPSA) is 89.8 Å². The molecule has 1 saturated heterocycles. The molecule has 3 unspecified atom stereocenters. The van der Waals surface area contributed by atoms with Crippen molar-refractivity contribution < 1.29 is 28.9 Å². The molecule has 6 rings (SSSR count). The van der Waals surface area contributed by atoms with Gasteiger partial charge in [-0.1, -0.05) is 18.0 Å². The Labute approximate surface area is 223 Å². The van der Waals surface area contributed by atoms with Crippen molar-refractivity contribution in [1.29, 1.82) is 0 Å². The van der Waals surface area contributed by atoms with Gasteiger partial charge in [0.1, 0.15) is 17.4 Å². The fourth-order valence-electron chi connectivity index (χ4n) is 7.77. The third kappa shape index (κ3) is 3.60. The minimum Gasteiger partial charge on any atom is -0.504 e. The third-order valence-electron chi connectivity index (χ3n) is 9.59. The Morgan fingerprint density at radius 1 is 1.13 bits per heavy atom. The molecule has 8 nitrogen and oxygen atoms in total. The number of carbonyl (C=O) groups excluding carboxylic acids is 1. The van der Waals surface area contributed by atoms with Gasteiger partial charge in [0.2, 0.25) is 0 Å². The first-order chi connectivity index (χ1) is 18.4. The number of piperidine rings is 1. The van der Waals surface area contributed by atoms with Crippen LogP contribution in [-0.2, 0) is 26.2 Å². The first kappa shape index (κ1) is 25.0. The van der Waals surface area contributed by atoms with Crippen LogP contribution in [0.3, 0.4) is 0 Å². The molecule has 4 aliphatic rings. The van der Waals surface area contributed by atoms with Crippen LogP contribution in [0.4, 0.5) is 0 Å². The number of hydrogen-bond acceptors (Lipinski definition) is 8. The summed E-state index contributed by atoms with van der Waals surface area (Å²) in [7, 11) is 6.80. The lowest BCUT2D eigenvalue weighted by Gasteiger charge is -2.58. The van der Waals surface area contributed by atoms with E-state index in [0.29, 0.717) is 29.2 Å². The minimum atomic E-state index is -0.758. The first-order valence-corrected chi connectivity index (χ1v) is 13.5. The van der Waals surface area contributed by atoms with E-state index in [9.17, 15) is 9.90 Å². The average molecular weight is 521 g/mol. The Bertz CT molecular complexity index is 1270. The third-order valence-corrected chi connectivity index (χ3v) is 9.59. The van der Waals surface area contributed by atoms with Gasteiger partial charge in [0, 0.05) is 28.1 Å². The Balaban J connectivity index is 1.50. The predicted molar refractivity (Wildman–Crippen MR) is 142 cm³/mol. The second-order valence-electron chi connectivity index (χ2n) is 11.1. The molecule has 202 valence electrons. The van der Waals surface area contributed by atoms with Crippen molar-refractivity contribution >= 4 is 11.7 Å². The molecular weight excluding hydrogens is 484 g/mol. The van der Waals surface area contributed by atoms with Crippen LogP contribution in [0.15, 0.2) is 35.5 Å². The Morgan fingerprint density at radius 3 is 2.63 bits per heavy atom. The number of hydrogen-bond donors (Lipinski definition) is 1. The maximum absolute atomic E-state index is 13.3. The van der Waals surface area contributed by atoms with E-state index in [1.807, 2.05) is 30.3 Å². The van der Waals surface area contributed by atoms with Crippen molar-refractivity contribution in [3.05, 3.63) is 52.6 Å². The van der Waals surface area contributed by atoms with Crippen LogP contribution in [0.25, 0.3) is 0 Å². The van der Waals surface area contributed by atoms with E-state index in [1.165, 1.54) is 13.5 Å². The number of ether oxygens (including phenoxy) is 3. The lowest BCUT2D eigenvalue weighted by atomic mass is 9.51. The van der Waals surface area contributed by atoms with E-state index in [4.69, 9.17) is 19.0 Å². The number of esters is 1. The lowest BCUT2D eigenvalue weighted by Crippen LogP contribution is -2.60. The van der Waals surface area contributed by atoms with Gasteiger partial charge in [-0.15, -0.1) is 0 Å². The number of oxime groups is 1. The molecule has 2 bridgehead atoms. The van der Waals surface area contributed by atoms with Crippen molar-refractivity contribution in [2.45, 2.75) is 56.1 Å². The van der Waals surface area contributed by atoms with Gasteiger partial charge in [0.05, 0.1) is 21.3 Å². The Kier molecular flexibility index (Phi) is 6.25. The number of methoxy groups -OCH3 is 3. The molecule has 5 atom stereocenters. The van der Waals surface area contributed by atoms with Crippen LogP contribution in [-0.4, -0.2) is 62.7 Å². The summed E-state index contributed by atoms with van der Waals surface area (Å²) in [6, 6.07) is 9.64. The number of likely N-dealkylation sites (N-methyl/N-ethyl adjacent to an activating group) is 1. The second-order valence-corrected chi connectivity index (χ2v) is 11.1. The largest absolute Gasteiger partial charge is 0.504 e. The summed E-state index contributed by atoms with van der Waals surface area (Å²) in [6.45, 7) is 1.00. The van der Waals surface area contributed by atoms with E-state index in [1.54, 1.807) is 14.2 Å². The number of phenolic OH excluding ortho intramolecular Hbond substituents is 1. The summed E-state index contributed by atoms with van der Waals surface area (Å²) in [5.74, 6) is 0.690. The van der Waals surface area contributed by atoms with Gasteiger partial charge in [-0.3, -0.25) is 4.79 Å². The zero-order valence-corrected chi connectivity index (χ0v) is 22.5. The van der Waals surface area contributed by atoms with E-state index in [-0.39, 0.29) is 11.2 Å². The molecule has 2 aliphatic heterocycles. The number of likely N-dealkylation sites (tertiary alicyclic amines) is 1. The van der Waals surface area contributed by atoms with Gasteiger partial charge in [-0.05, 0) is 81.1 Å². The van der Waals surface area contributed by atoms with Gasteiger partial charge >= 0.3 is 5.97 Å². The number of aromatic hydroxyl groups is 1. The normalized spacial score (nSPS) is 29.9. The molecule has 0 amide bonds. The van der Waals surface area contributed by atoms with Crippen LogP contribution in [0, 0.1) is 11.8 Å². The van der Waals surface area contributed by atoms with E-state index in [2.05, 4.69) is 17.1 Å². The summed E-state index contributed by atoms with van der Waals surface area (Å²) >= 11 is 0. The number of phenols is 1. The van der Waals surface area contributed by atoms with Crippen molar-refractivity contribution in [2.24, 2.45) is 17.0 Å². The van der Waals surface area contributed by atoms with Crippen LogP contribution in [0.5, 0.6) is 17.2 Å². The number of rotatable bonds is 5. The van der Waals surface area contributed by atoms with Crippen molar-refractivity contribution in [3.8, 4) is 17.2 Å². The van der Waals surface area contributed by atoms with Crippen LogP contribution in [0.1, 0.15) is 60.5 Å². The quantitative estimate of drug-likeness (QED) is 0.586. The lowest BCUT2D eigenvalue weighted by molar-refractivity contribution is -0.146. The number of benzene rings is 2. The maximum Gasteiger partial charge on any atom is 0.319 e. The van der Waals surface area contributed by atoms with E-state index in [0.717, 1.165) is 60.9 Å². The average Bonchev–Trinajstić information content (AvgIpc) is 3.39. The molecule has 1 N–H and O–H groups in total.